The molecule has 1 aliphatic rings. The predicted molar refractivity (Wildman–Crippen MR) is 146 cm³/mol. The molecular weight excluding hydrogens is 494 g/mol. The lowest BCUT2D eigenvalue weighted by Crippen LogP contribution is -2.24. The Balaban J connectivity index is 1.43. The van der Waals surface area contributed by atoms with Gasteiger partial charge < -0.3 is 25.4 Å². The molecule has 1 aliphatic heterocycles. The molecule has 3 N–H and O–H groups in total. The first kappa shape index (κ1) is 24.8. The summed E-state index contributed by atoms with van der Waals surface area (Å²) in [6.07, 6.45) is 4.87. The molecule has 0 fully saturated rings. The van der Waals surface area contributed by atoms with Gasteiger partial charge in [0.05, 0.1) is 30.1 Å². The number of pyridine rings is 1. The van der Waals surface area contributed by atoms with Crippen molar-refractivity contribution in [1.29, 1.82) is 0 Å². The molecule has 0 atom stereocenters. The fourth-order valence-corrected chi connectivity index (χ4v) is 6.62. The van der Waals surface area contributed by atoms with Crippen molar-refractivity contribution < 1.29 is 14.3 Å². The second-order valence-corrected chi connectivity index (χ2v) is 10.6. The Bertz CT molecular complexity index is 1370. The number of nitrogens with one attached hydrogen (secondary N) is 3. The van der Waals surface area contributed by atoms with Crippen molar-refractivity contribution in [2.75, 3.05) is 45.8 Å². The molecule has 0 aliphatic carbocycles. The summed E-state index contributed by atoms with van der Waals surface area (Å²) in [7, 11) is 3.31. The lowest BCUT2D eigenvalue weighted by molar-refractivity contribution is -0.116. The first-order chi connectivity index (χ1) is 17.7. The molecule has 10 heteroatoms. The zero-order valence-corrected chi connectivity index (χ0v) is 22.0. The maximum atomic E-state index is 12.7. The number of carbonyl (C=O) groups is 1. The number of methoxy groups -OCH3 is 2. The molecule has 0 bridgehead atoms. The summed E-state index contributed by atoms with van der Waals surface area (Å²) in [6.45, 7) is 3.71. The van der Waals surface area contributed by atoms with Gasteiger partial charge in [0, 0.05) is 55.4 Å². The number of thiazole rings is 1. The van der Waals surface area contributed by atoms with E-state index in [0.29, 0.717) is 19.6 Å². The van der Waals surface area contributed by atoms with Crippen LogP contribution < -0.4 is 20.7 Å². The van der Waals surface area contributed by atoms with Crippen molar-refractivity contribution in [3.05, 3.63) is 47.1 Å². The number of ether oxygens (including phenoxy) is 2. The van der Waals surface area contributed by atoms with Gasteiger partial charge in [-0.3, -0.25) is 9.78 Å². The van der Waals surface area contributed by atoms with Crippen LogP contribution >= 0.6 is 22.7 Å². The van der Waals surface area contributed by atoms with Crippen LogP contribution in [0.5, 0.6) is 5.75 Å². The number of thiophene rings is 1. The molecule has 188 valence electrons. The monoisotopic (exact) mass is 523 g/mol. The molecule has 0 saturated carbocycles. The van der Waals surface area contributed by atoms with E-state index in [2.05, 4.69) is 39.1 Å². The van der Waals surface area contributed by atoms with Crippen LogP contribution in [-0.4, -0.2) is 56.3 Å². The minimum atomic E-state index is 0.00152. The second kappa shape index (κ2) is 11.4. The zero-order valence-electron chi connectivity index (χ0n) is 20.3. The Hall–Kier alpha value is -2.89. The van der Waals surface area contributed by atoms with Crippen LogP contribution in [0.2, 0.25) is 0 Å². The third kappa shape index (κ3) is 5.42. The van der Waals surface area contributed by atoms with Crippen LogP contribution in [0.4, 0.5) is 5.00 Å². The van der Waals surface area contributed by atoms with E-state index < -0.39 is 0 Å². The number of hydrogen-bond acceptors (Lipinski definition) is 9. The molecule has 0 radical (unpaired) electrons. The Kier molecular flexibility index (Phi) is 7.88. The minimum absolute atomic E-state index is 0.00152. The second-order valence-electron chi connectivity index (χ2n) is 8.49. The van der Waals surface area contributed by atoms with Crippen LogP contribution in [0, 0.1) is 0 Å². The number of carbonyl (C=O) groups excluding carboxylic acids is 1. The highest BCUT2D eigenvalue weighted by molar-refractivity contribution is 7.23. The summed E-state index contributed by atoms with van der Waals surface area (Å²) in [5, 5.41) is 11.7. The van der Waals surface area contributed by atoms with Crippen molar-refractivity contribution in [2.45, 2.75) is 19.4 Å². The molecule has 4 aromatic rings. The Morgan fingerprint density at radius 1 is 1.14 bits per heavy atom. The molecule has 4 heterocycles. The van der Waals surface area contributed by atoms with E-state index in [0.717, 1.165) is 68.7 Å². The number of hydrogen-bond donors (Lipinski definition) is 3. The summed E-state index contributed by atoms with van der Waals surface area (Å²) < 4.78 is 11.5. The van der Waals surface area contributed by atoms with E-state index in [-0.39, 0.29) is 5.91 Å². The highest BCUT2D eigenvalue weighted by Crippen LogP contribution is 2.45. The quantitative estimate of drug-likeness (QED) is 0.267. The normalized spacial score (nSPS) is 13.1. The first-order valence-electron chi connectivity index (χ1n) is 11.9. The zero-order chi connectivity index (χ0) is 24.9. The topological polar surface area (TPSA) is 97.4 Å². The summed E-state index contributed by atoms with van der Waals surface area (Å²) in [4.78, 5) is 23.3. The molecule has 0 spiro atoms. The van der Waals surface area contributed by atoms with E-state index in [1.807, 2.05) is 12.3 Å². The van der Waals surface area contributed by atoms with Gasteiger partial charge in [-0.2, -0.15) is 0 Å². The average molecular weight is 524 g/mol. The van der Waals surface area contributed by atoms with Gasteiger partial charge in [-0.05, 0) is 42.3 Å². The molecular formula is C26H29N5O3S2. The first-order valence-corrected chi connectivity index (χ1v) is 13.5. The summed E-state index contributed by atoms with van der Waals surface area (Å²) in [6, 6.07) is 8.25. The van der Waals surface area contributed by atoms with E-state index in [1.54, 1.807) is 43.1 Å². The SMILES string of the molecule is COCCNCCC(=O)Nc1sc2c(c1-c1nc3ccc(-c4cncc(OC)c4)cc3s1)CCNC2. The van der Waals surface area contributed by atoms with E-state index in [4.69, 9.17) is 14.5 Å². The van der Waals surface area contributed by atoms with Gasteiger partial charge in [0.2, 0.25) is 5.91 Å². The Labute approximate surface area is 218 Å². The highest BCUT2D eigenvalue weighted by Gasteiger charge is 2.25. The fourth-order valence-electron chi connectivity index (χ4n) is 4.24. The molecule has 0 saturated heterocycles. The van der Waals surface area contributed by atoms with Crippen molar-refractivity contribution in [1.82, 2.24) is 20.6 Å². The van der Waals surface area contributed by atoms with Crippen molar-refractivity contribution in [3.63, 3.8) is 0 Å². The molecule has 8 nitrogen and oxygen atoms in total. The number of anilines is 1. The lowest BCUT2D eigenvalue weighted by atomic mass is 10.0. The standard InChI is InChI=1S/C26H29N5O3S2/c1-33-10-9-27-8-6-23(32)31-26-24(19-5-7-28-15-22(19)36-26)25-30-20-4-3-16(12-21(20)35-25)17-11-18(34-2)14-29-13-17/h3-4,11-14,27-28H,5-10,15H2,1-2H3,(H,31,32). The van der Waals surface area contributed by atoms with Crippen molar-refractivity contribution in [3.8, 4) is 27.4 Å². The third-order valence-corrected chi connectivity index (χ3v) is 8.26. The van der Waals surface area contributed by atoms with Crippen molar-refractivity contribution in [2.24, 2.45) is 0 Å². The summed E-state index contributed by atoms with van der Waals surface area (Å²) in [5.74, 6) is 0.729. The lowest BCUT2D eigenvalue weighted by Gasteiger charge is -2.13. The van der Waals surface area contributed by atoms with Crippen LogP contribution in [0.25, 0.3) is 31.9 Å². The number of nitrogens with zero attached hydrogens (tertiary/aromatic N) is 2. The van der Waals surface area contributed by atoms with Gasteiger partial charge in [-0.15, -0.1) is 22.7 Å². The Morgan fingerprint density at radius 2 is 2.06 bits per heavy atom. The van der Waals surface area contributed by atoms with E-state index in [1.165, 1.54) is 10.4 Å². The van der Waals surface area contributed by atoms with Gasteiger partial charge in [0.25, 0.3) is 0 Å². The number of aromatic nitrogens is 2. The van der Waals surface area contributed by atoms with E-state index >= 15 is 0 Å². The number of fused-ring (bicyclic) bond motifs is 2. The predicted octanol–water partition coefficient (Wildman–Crippen LogP) is 4.31. The molecule has 1 amide bonds. The maximum absolute atomic E-state index is 12.7. The highest BCUT2D eigenvalue weighted by atomic mass is 32.1. The van der Waals surface area contributed by atoms with Gasteiger partial charge in [0.15, 0.2) is 0 Å². The van der Waals surface area contributed by atoms with Gasteiger partial charge in [0.1, 0.15) is 15.8 Å². The Morgan fingerprint density at radius 3 is 2.92 bits per heavy atom. The minimum Gasteiger partial charge on any atom is -0.495 e. The van der Waals surface area contributed by atoms with E-state index in [9.17, 15) is 4.79 Å². The summed E-state index contributed by atoms with van der Waals surface area (Å²) >= 11 is 3.32. The van der Waals surface area contributed by atoms with Gasteiger partial charge in [-0.25, -0.2) is 4.98 Å². The largest absolute Gasteiger partial charge is 0.495 e. The van der Waals surface area contributed by atoms with Gasteiger partial charge >= 0.3 is 0 Å². The van der Waals surface area contributed by atoms with Crippen molar-refractivity contribution >= 4 is 43.8 Å². The number of rotatable bonds is 10. The molecule has 0 unspecified atom stereocenters. The van der Waals surface area contributed by atoms with Crippen LogP contribution in [0.1, 0.15) is 16.9 Å². The molecule has 36 heavy (non-hydrogen) atoms. The number of benzene rings is 1. The smallest absolute Gasteiger partial charge is 0.226 e. The molecule has 5 rings (SSSR count). The molecule has 1 aromatic carbocycles. The molecule has 3 aromatic heterocycles. The van der Waals surface area contributed by atoms with Crippen LogP contribution in [0.15, 0.2) is 36.7 Å². The number of amides is 1. The average Bonchev–Trinajstić information content (AvgIpc) is 3.48. The maximum Gasteiger partial charge on any atom is 0.226 e. The van der Waals surface area contributed by atoms with Gasteiger partial charge in [-0.1, -0.05) is 6.07 Å². The van der Waals surface area contributed by atoms with Crippen LogP contribution in [-0.2, 0) is 22.5 Å². The van der Waals surface area contributed by atoms with Crippen LogP contribution in [0.3, 0.4) is 0 Å². The fraction of sp³-hybridized carbons (Fsp3) is 0.346. The summed E-state index contributed by atoms with van der Waals surface area (Å²) in [5.41, 5.74) is 5.38. The third-order valence-electron chi connectivity index (χ3n) is 6.08.